The summed E-state index contributed by atoms with van der Waals surface area (Å²) < 4.78 is 0. The van der Waals surface area contributed by atoms with E-state index in [-0.39, 0.29) is 5.91 Å². The number of nitrogens with zero attached hydrogens (tertiary/aromatic N) is 3. The number of carbonyl (C=O) groups is 1. The first-order chi connectivity index (χ1) is 13.2. The van der Waals surface area contributed by atoms with Gasteiger partial charge in [-0.3, -0.25) is 14.7 Å². The zero-order chi connectivity index (χ0) is 18.6. The highest BCUT2D eigenvalue weighted by atomic mass is 16.2. The van der Waals surface area contributed by atoms with Crippen LogP contribution in [0.15, 0.2) is 48.7 Å². The van der Waals surface area contributed by atoms with Crippen molar-refractivity contribution in [3.8, 4) is 0 Å². The van der Waals surface area contributed by atoms with Crippen LogP contribution in [0.3, 0.4) is 0 Å². The molecule has 2 aromatic rings. The van der Waals surface area contributed by atoms with E-state index < -0.39 is 0 Å². The summed E-state index contributed by atoms with van der Waals surface area (Å²) in [5, 5.41) is 0. The molecule has 142 valence electrons. The molecule has 1 aromatic heterocycles. The minimum absolute atomic E-state index is 0.238. The maximum absolute atomic E-state index is 12.7. The Morgan fingerprint density at radius 3 is 2.59 bits per heavy atom. The summed E-state index contributed by atoms with van der Waals surface area (Å²) in [7, 11) is 1.98. The molecule has 27 heavy (non-hydrogen) atoms. The van der Waals surface area contributed by atoms with Gasteiger partial charge in [-0.2, -0.15) is 0 Å². The minimum Gasteiger partial charge on any atom is -0.341 e. The molecule has 2 aliphatic rings. The number of aryl methyl sites for hydroxylation is 1. The van der Waals surface area contributed by atoms with E-state index in [4.69, 9.17) is 0 Å². The third-order valence-corrected chi connectivity index (χ3v) is 6.24. The molecule has 4 nitrogen and oxygen atoms in total. The molecule has 1 aliphatic heterocycles. The van der Waals surface area contributed by atoms with Crippen LogP contribution < -0.4 is 0 Å². The van der Waals surface area contributed by atoms with Crippen molar-refractivity contribution in [2.75, 3.05) is 20.1 Å². The Bertz CT molecular complexity index is 751. The van der Waals surface area contributed by atoms with Crippen LogP contribution in [0, 0.1) is 0 Å². The van der Waals surface area contributed by atoms with E-state index in [0.29, 0.717) is 18.5 Å². The number of pyridine rings is 1. The van der Waals surface area contributed by atoms with Gasteiger partial charge in [-0.1, -0.05) is 30.3 Å². The van der Waals surface area contributed by atoms with Gasteiger partial charge in [0.2, 0.25) is 5.91 Å². The Balaban J connectivity index is 1.32. The summed E-state index contributed by atoms with van der Waals surface area (Å²) >= 11 is 0. The number of aromatic nitrogens is 1. The lowest BCUT2D eigenvalue weighted by Crippen LogP contribution is -2.51. The SMILES string of the molecule is CN(C(=O)CCc1ccccn1)[C@H]1CCCN(C2Cc3ccccc3C2)C1. The minimum atomic E-state index is 0.238. The predicted molar refractivity (Wildman–Crippen MR) is 108 cm³/mol. The van der Waals surface area contributed by atoms with Crippen LogP contribution in [0.1, 0.15) is 36.1 Å². The Labute approximate surface area is 162 Å². The standard InChI is InChI=1S/C23H29N3O/c1-25(23(27)12-11-20-9-4-5-13-24-20)21-10-6-14-26(17-21)22-15-18-7-2-3-8-19(18)16-22/h2-5,7-9,13,21-22H,6,10-12,14-17H2,1H3/t21-/m0/s1. The largest absolute Gasteiger partial charge is 0.341 e. The van der Waals surface area contributed by atoms with Crippen molar-refractivity contribution < 1.29 is 4.79 Å². The second-order valence-corrected chi connectivity index (χ2v) is 7.95. The van der Waals surface area contributed by atoms with Crippen LogP contribution in [-0.4, -0.2) is 52.9 Å². The molecule has 1 aliphatic carbocycles. The van der Waals surface area contributed by atoms with E-state index >= 15 is 0 Å². The topological polar surface area (TPSA) is 36.4 Å². The number of benzene rings is 1. The fraction of sp³-hybridized carbons (Fsp3) is 0.478. The van der Waals surface area contributed by atoms with Gasteiger partial charge in [0.15, 0.2) is 0 Å². The monoisotopic (exact) mass is 363 g/mol. The molecule has 0 saturated carbocycles. The Morgan fingerprint density at radius 1 is 1.15 bits per heavy atom. The van der Waals surface area contributed by atoms with Crippen LogP contribution in [0.2, 0.25) is 0 Å². The van der Waals surface area contributed by atoms with Crippen molar-refractivity contribution in [2.45, 2.75) is 50.6 Å². The number of carbonyl (C=O) groups excluding carboxylic acids is 1. The molecule has 4 heteroatoms. The summed E-state index contributed by atoms with van der Waals surface area (Å²) in [5.41, 5.74) is 4.00. The number of fused-ring (bicyclic) bond motifs is 1. The quantitative estimate of drug-likeness (QED) is 0.819. The lowest BCUT2D eigenvalue weighted by molar-refractivity contribution is -0.133. The maximum Gasteiger partial charge on any atom is 0.222 e. The average Bonchev–Trinajstić information content (AvgIpc) is 3.17. The van der Waals surface area contributed by atoms with E-state index in [0.717, 1.165) is 44.5 Å². The third-order valence-electron chi connectivity index (χ3n) is 6.24. The summed E-state index contributed by atoms with van der Waals surface area (Å²) in [6.45, 7) is 2.16. The lowest BCUT2D eigenvalue weighted by atomic mass is 10.0. The molecule has 0 bridgehead atoms. The Hall–Kier alpha value is -2.20. The summed E-state index contributed by atoms with van der Waals surface area (Å²) in [5.74, 6) is 0.238. The van der Waals surface area contributed by atoms with Crippen molar-refractivity contribution >= 4 is 5.91 Å². The number of amides is 1. The lowest BCUT2D eigenvalue weighted by Gasteiger charge is -2.40. The first-order valence-electron chi connectivity index (χ1n) is 10.2. The molecule has 0 unspecified atom stereocenters. The molecular formula is C23H29N3O. The molecule has 0 radical (unpaired) electrons. The smallest absolute Gasteiger partial charge is 0.222 e. The molecule has 0 N–H and O–H groups in total. The van der Waals surface area contributed by atoms with Gasteiger partial charge in [-0.25, -0.2) is 0 Å². The molecular weight excluding hydrogens is 334 g/mol. The number of rotatable bonds is 5. The first-order valence-corrected chi connectivity index (χ1v) is 10.2. The molecule has 1 saturated heterocycles. The van der Waals surface area contributed by atoms with Crippen molar-refractivity contribution in [2.24, 2.45) is 0 Å². The van der Waals surface area contributed by atoms with E-state index in [1.54, 1.807) is 6.20 Å². The molecule has 1 aromatic carbocycles. The van der Waals surface area contributed by atoms with Gasteiger partial charge in [-0.05, 0) is 61.9 Å². The number of hydrogen-bond donors (Lipinski definition) is 0. The average molecular weight is 364 g/mol. The molecule has 0 spiro atoms. The number of likely N-dealkylation sites (tertiary alicyclic amines) is 1. The van der Waals surface area contributed by atoms with Gasteiger partial charge < -0.3 is 4.90 Å². The van der Waals surface area contributed by atoms with Crippen LogP contribution >= 0.6 is 0 Å². The Morgan fingerprint density at radius 2 is 1.89 bits per heavy atom. The van der Waals surface area contributed by atoms with E-state index in [1.165, 1.54) is 17.5 Å². The van der Waals surface area contributed by atoms with Gasteiger partial charge in [0.05, 0.1) is 0 Å². The van der Waals surface area contributed by atoms with Crippen molar-refractivity contribution in [1.82, 2.24) is 14.8 Å². The van der Waals surface area contributed by atoms with E-state index in [2.05, 4.69) is 34.1 Å². The second kappa shape index (κ2) is 8.22. The summed E-state index contributed by atoms with van der Waals surface area (Å²) in [6.07, 6.45) is 7.65. The Kier molecular flexibility index (Phi) is 5.53. The highest BCUT2D eigenvalue weighted by Gasteiger charge is 2.32. The first kappa shape index (κ1) is 18.2. The highest BCUT2D eigenvalue weighted by molar-refractivity contribution is 5.76. The zero-order valence-electron chi connectivity index (χ0n) is 16.2. The van der Waals surface area contributed by atoms with Crippen LogP contribution in [-0.2, 0) is 24.1 Å². The van der Waals surface area contributed by atoms with Crippen molar-refractivity contribution in [3.63, 3.8) is 0 Å². The van der Waals surface area contributed by atoms with E-state index in [9.17, 15) is 4.79 Å². The molecule has 2 heterocycles. The molecule has 1 amide bonds. The highest BCUT2D eigenvalue weighted by Crippen LogP contribution is 2.28. The zero-order valence-corrected chi connectivity index (χ0v) is 16.2. The van der Waals surface area contributed by atoms with Gasteiger partial charge in [0, 0.05) is 44.0 Å². The molecule has 1 fully saturated rings. The number of piperidine rings is 1. The fourth-order valence-corrected chi connectivity index (χ4v) is 4.59. The molecule has 1 atom stereocenters. The number of likely N-dealkylation sites (N-methyl/N-ethyl adjacent to an activating group) is 1. The number of hydrogen-bond acceptors (Lipinski definition) is 3. The van der Waals surface area contributed by atoms with Crippen molar-refractivity contribution in [1.29, 1.82) is 0 Å². The van der Waals surface area contributed by atoms with Crippen molar-refractivity contribution in [3.05, 3.63) is 65.5 Å². The normalized spacial score (nSPS) is 20.4. The summed E-state index contributed by atoms with van der Waals surface area (Å²) in [4.78, 5) is 21.6. The fourth-order valence-electron chi connectivity index (χ4n) is 4.59. The summed E-state index contributed by atoms with van der Waals surface area (Å²) in [6, 6.07) is 15.6. The maximum atomic E-state index is 12.7. The van der Waals surface area contributed by atoms with Gasteiger partial charge in [0.25, 0.3) is 0 Å². The van der Waals surface area contributed by atoms with Crippen LogP contribution in [0.4, 0.5) is 0 Å². The van der Waals surface area contributed by atoms with E-state index in [1.807, 2.05) is 30.1 Å². The van der Waals surface area contributed by atoms with Crippen LogP contribution in [0.5, 0.6) is 0 Å². The third kappa shape index (κ3) is 4.22. The van der Waals surface area contributed by atoms with Gasteiger partial charge in [0.1, 0.15) is 0 Å². The van der Waals surface area contributed by atoms with Gasteiger partial charge in [-0.15, -0.1) is 0 Å². The van der Waals surface area contributed by atoms with Gasteiger partial charge >= 0.3 is 0 Å². The molecule has 4 rings (SSSR count). The van der Waals surface area contributed by atoms with Crippen LogP contribution in [0.25, 0.3) is 0 Å². The second-order valence-electron chi connectivity index (χ2n) is 7.95. The predicted octanol–water partition coefficient (Wildman–Crippen LogP) is 3.10.